The molecule has 0 radical (unpaired) electrons. The maximum absolute atomic E-state index is 12.4. The molecule has 0 saturated carbocycles. The van der Waals surface area contributed by atoms with Gasteiger partial charge >= 0.3 is 6.03 Å². The lowest BCUT2D eigenvalue weighted by atomic mass is 10.1. The Hall–Kier alpha value is -2.87. The topological polar surface area (TPSA) is 79.9 Å². The van der Waals surface area contributed by atoms with E-state index in [-0.39, 0.29) is 11.9 Å². The minimum atomic E-state index is -0.325. The van der Waals surface area contributed by atoms with Crippen LogP contribution in [-0.4, -0.2) is 55.7 Å². The number of carbonyl (C=O) groups excluding carboxylic acids is 2. The van der Waals surface area contributed by atoms with Crippen LogP contribution >= 0.6 is 11.8 Å². The second-order valence-electron chi connectivity index (χ2n) is 6.83. The van der Waals surface area contributed by atoms with Gasteiger partial charge < -0.3 is 25.0 Å². The Morgan fingerprint density at radius 2 is 1.77 bits per heavy atom. The van der Waals surface area contributed by atoms with Crippen LogP contribution in [0.15, 0.2) is 42.5 Å². The molecule has 2 aromatic carbocycles. The minimum absolute atomic E-state index is 0.154. The Kier molecular flexibility index (Phi) is 7.84. The van der Waals surface area contributed by atoms with Crippen molar-refractivity contribution in [2.75, 3.05) is 44.1 Å². The minimum Gasteiger partial charge on any atom is -0.493 e. The molecule has 0 aliphatic carbocycles. The number of ether oxygens (including phenoxy) is 2. The third kappa shape index (κ3) is 5.82. The van der Waals surface area contributed by atoms with Crippen molar-refractivity contribution in [3.63, 3.8) is 0 Å². The smallest absolute Gasteiger partial charge is 0.319 e. The summed E-state index contributed by atoms with van der Waals surface area (Å²) in [6, 6.07) is 12.6. The van der Waals surface area contributed by atoms with Crippen LogP contribution in [-0.2, 0) is 17.8 Å². The number of nitrogens with one attached hydrogen (secondary N) is 2. The van der Waals surface area contributed by atoms with Gasteiger partial charge in [0.25, 0.3) is 0 Å². The molecule has 7 nitrogen and oxygen atoms in total. The van der Waals surface area contributed by atoms with Gasteiger partial charge in [0.2, 0.25) is 5.91 Å². The molecular formula is C22H27N3O4S. The lowest BCUT2D eigenvalue weighted by Crippen LogP contribution is -2.38. The normalized spacial score (nSPS) is 13.5. The van der Waals surface area contributed by atoms with E-state index in [2.05, 4.69) is 10.6 Å². The Morgan fingerprint density at radius 1 is 1.03 bits per heavy atom. The number of nitrogens with zero attached hydrogens (tertiary/aromatic N) is 1. The van der Waals surface area contributed by atoms with Crippen molar-refractivity contribution in [2.24, 2.45) is 0 Å². The van der Waals surface area contributed by atoms with Crippen LogP contribution < -0.4 is 20.1 Å². The van der Waals surface area contributed by atoms with Gasteiger partial charge in [-0.25, -0.2) is 4.79 Å². The molecule has 1 aliphatic rings. The van der Waals surface area contributed by atoms with E-state index in [1.54, 1.807) is 32.4 Å². The standard InChI is InChI=1S/C22H27N3O4S/c1-28-19-5-3-4-17(21(19)29-2)15-23-22(27)24-18-8-6-16(7-9-18)14-20(26)25-10-12-30-13-11-25/h3-9H,10-15H2,1-2H3,(H2,23,24,27). The number of amides is 3. The summed E-state index contributed by atoms with van der Waals surface area (Å²) in [4.78, 5) is 26.5. The molecule has 8 heteroatoms. The molecule has 0 bridgehead atoms. The first kappa shape index (κ1) is 21.8. The molecule has 3 amide bonds. The van der Waals surface area contributed by atoms with Crippen molar-refractivity contribution in [3.8, 4) is 11.5 Å². The number of hydrogen-bond donors (Lipinski definition) is 2. The SMILES string of the molecule is COc1cccc(CNC(=O)Nc2ccc(CC(=O)N3CCSCC3)cc2)c1OC. The molecule has 30 heavy (non-hydrogen) atoms. The maximum Gasteiger partial charge on any atom is 0.319 e. The van der Waals surface area contributed by atoms with Crippen LogP contribution in [0.25, 0.3) is 0 Å². The van der Waals surface area contributed by atoms with Crippen molar-refractivity contribution in [2.45, 2.75) is 13.0 Å². The quantitative estimate of drug-likeness (QED) is 0.707. The number of anilines is 1. The maximum atomic E-state index is 12.4. The number of hydrogen-bond acceptors (Lipinski definition) is 5. The van der Waals surface area contributed by atoms with E-state index in [9.17, 15) is 9.59 Å². The van der Waals surface area contributed by atoms with Gasteiger partial charge in [-0.1, -0.05) is 24.3 Å². The van der Waals surface area contributed by atoms with Gasteiger partial charge in [0.05, 0.1) is 20.6 Å². The van der Waals surface area contributed by atoms with Crippen molar-refractivity contribution in [3.05, 3.63) is 53.6 Å². The van der Waals surface area contributed by atoms with Crippen LogP contribution in [0.2, 0.25) is 0 Å². The molecule has 0 spiro atoms. The summed E-state index contributed by atoms with van der Waals surface area (Å²) in [5.74, 6) is 3.38. The Bertz CT molecular complexity index is 867. The van der Waals surface area contributed by atoms with Gasteiger partial charge in [0.15, 0.2) is 11.5 Å². The van der Waals surface area contributed by atoms with Crippen LogP contribution in [0.3, 0.4) is 0 Å². The second-order valence-corrected chi connectivity index (χ2v) is 8.05. The average Bonchev–Trinajstić information content (AvgIpc) is 2.79. The number of para-hydroxylation sites is 1. The van der Waals surface area contributed by atoms with Gasteiger partial charge in [0.1, 0.15) is 0 Å². The van der Waals surface area contributed by atoms with Crippen molar-refractivity contribution >= 4 is 29.4 Å². The molecule has 2 aromatic rings. The Labute approximate surface area is 181 Å². The molecule has 0 atom stereocenters. The zero-order valence-corrected chi connectivity index (χ0v) is 18.1. The first-order valence-electron chi connectivity index (χ1n) is 9.80. The summed E-state index contributed by atoms with van der Waals surface area (Å²) in [7, 11) is 3.14. The number of urea groups is 1. The second kappa shape index (κ2) is 10.8. The van der Waals surface area contributed by atoms with E-state index in [0.29, 0.717) is 30.2 Å². The number of carbonyl (C=O) groups is 2. The third-order valence-electron chi connectivity index (χ3n) is 4.85. The highest BCUT2D eigenvalue weighted by molar-refractivity contribution is 7.99. The van der Waals surface area contributed by atoms with E-state index >= 15 is 0 Å². The first-order valence-corrected chi connectivity index (χ1v) is 11.0. The van der Waals surface area contributed by atoms with Crippen LogP contribution in [0.5, 0.6) is 11.5 Å². The summed E-state index contributed by atoms with van der Waals surface area (Å²) >= 11 is 1.88. The first-order chi connectivity index (χ1) is 14.6. The van der Waals surface area contributed by atoms with E-state index in [0.717, 1.165) is 35.7 Å². The molecule has 1 saturated heterocycles. The van der Waals surface area contributed by atoms with Gasteiger partial charge in [-0.3, -0.25) is 4.79 Å². The van der Waals surface area contributed by atoms with Crippen molar-refractivity contribution in [1.82, 2.24) is 10.2 Å². The summed E-state index contributed by atoms with van der Waals surface area (Å²) in [5, 5.41) is 5.62. The summed E-state index contributed by atoms with van der Waals surface area (Å²) in [5.41, 5.74) is 2.41. The molecule has 3 rings (SSSR count). The largest absolute Gasteiger partial charge is 0.493 e. The van der Waals surface area contributed by atoms with E-state index < -0.39 is 0 Å². The molecule has 1 fully saturated rings. The zero-order valence-electron chi connectivity index (χ0n) is 17.3. The van der Waals surface area contributed by atoms with Crippen molar-refractivity contribution < 1.29 is 19.1 Å². The highest BCUT2D eigenvalue weighted by atomic mass is 32.2. The monoisotopic (exact) mass is 429 g/mol. The zero-order chi connectivity index (χ0) is 21.3. The lowest BCUT2D eigenvalue weighted by Gasteiger charge is -2.26. The molecule has 1 aliphatic heterocycles. The fourth-order valence-corrected chi connectivity index (χ4v) is 4.15. The van der Waals surface area contributed by atoms with Crippen LogP contribution in [0.1, 0.15) is 11.1 Å². The lowest BCUT2D eigenvalue weighted by molar-refractivity contribution is -0.130. The van der Waals surface area contributed by atoms with E-state index in [1.165, 1.54) is 0 Å². The predicted octanol–water partition coefficient (Wildman–Crippen LogP) is 3.14. The summed E-state index contributed by atoms with van der Waals surface area (Å²) in [6.45, 7) is 1.94. The van der Waals surface area contributed by atoms with Gasteiger partial charge in [-0.05, 0) is 23.8 Å². The predicted molar refractivity (Wildman–Crippen MR) is 119 cm³/mol. The number of benzene rings is 2. The van der Waals surface area contributed by atoms with Gasteiger partial charge in [-0.15, -0.1) is 0 Å². The highest BCUT2D eigenvalue weighted by Crippen LogP contribution is 2.30. The van der Waals surface area contributed by atoms with Gasteiger partial charge in [-0.2, -0.15) is 11.8 Å². The Balaban J connectivity index is 1.50. The van der Waals surface area contributed by atoms with Crippen LogP contribution in [0.4, 0.5) is 10.5 Å². The Morgan fingerprint density at radius 3 is 2.43 bits per heavy atom. The summed E-state index contributed by atoms with van der Waals surface area (Å²) in [6.07, 6.45) is 0.382. The number of thioether (sulfide) groups is 1. The molecular weight excluding hydrogens is 402 g/mol. The molecule has 0 unspecified atom stereocenters. The molecule has 2 N–H and O–H groups in total. The van der Waals surface area contributed by atoms with Gasteiger partial charge in [0, 0.05) is 42.4 Å². The molecule has 160 valence electrons. The number of rotatable bonds is 7. The summed E-state index contributed by atoms with van der Waals surface area (Å²) < 4.78 is 10.7. The third-order valence-corrected chi connectivity index (χ3v) is 5.80. The highest BCUT2D eigenvalue weighted by Gasteiger charge is 2.17. The van der Waals surface area contributed by atoms with E-state index in [4.69, 9.17) is 9.47 Å². The molecule has 0 aromatic heterocycles. The van der Waals surface area contributed by atoms with Crippen LogP contribution in [0, 0.1) is 0 Å². The fourth-order valence-electron chi connectivity index (χ4n) is 3.25. The average molecular weight is 430 g/mol. The van der Waals surface area contributed by atoms with E-state index in [1.807, 2.05) is 40.9 Å². The molecule has 1 heterocycles. The number of methoxy groups -OCH3 is 2. The van der Waals surface area contributed by atoms with Crippen molar-refractivity contribution in [1.29, 1.82) is 0 Å². The fraction of sp³-hybridized carbons (Fsp3) is 0.364.